The van der Waals surface area contributed by atoms with Gasteiger partial charge in [0, 0.05) is 45.9 Å². The topological polar surface area (TPSA) is 134 Å². The lowest BCUT2D eigenvalue weighted by atomic mass is 10.1. The van der Waals surface area contributed by atoms with Gasteiger partial charge in [0.05, 0.1) is 5.69 Å². The summed E-state index contributed by atoms with van der Waals surface area (Å²) in [6.45, 7) is -0.697. The van der Waals surface area contributed by atoms with Crippen molar-refractivity contribution in [3.05, 3.63) is 64.7 Å². The van der Waals surface area contributed by atoms with Crippen molar-refractivity contribution in [2.24, 2.45) is 0 Å². The molecule has 5 N–H and O–H groups in total. The number of phenols is 1. The molecule has 0 atom stereocenters. The Balaban J connectivity index is 1.81. The highest BCUT2D eigenvalue weighted by Crippen LogP contribution is 2.33. The molecular weight excluding hydrogens is 471 g/mol. The van der Waals surface area contributed by atoms with Crippen LogP contribution in [0.3, 0.4) is 0 Å². The van der Waals surface area contributed by atoms with Crippen molar-refractivity contribution in [3.8, 4) is 17.0 Å². The second kappa shape index (κ2) is 10.1. The van der Waals surface area contributed by atoms with Gasteiger partial charge in [0.1, 0.15) is 24.0 Å². The number of sulfone groups is 1. The summed E-state index contributed by atoms with van der Waals surface area (Å²) in [5.74, 6) is -1.19. The van der Waals surface area contributed by atoms with Crippen LogP contribution in [0.25, 0.3) is 11.3 Å². The number of nitrogen functional groups attached to an aromatic ring is 1. The Morgan fingerprint density at radius 3 is 2.58 bits per heavy atom. The van der Waals surface area contributed by atoms with Crippen LogP contribution in [0.1, 0.15) is 11.1 Å². The maximum Gasteiger partial charge on any atom is 0.235 e. The largest absolute Gasteiger partial charge is 0.507 e. The SMILES string of the molecule is CS(=O)(=O)CC(=O)NCc1ccc(-c2cc(Nc3ccc(Cl)cc3CF)ccc2O)nc1N. The molecule has 1 amide bonds. The van der Waals surface area contributed by atoms with Crippen LogP contribution in [-0.2, 0) is 27.9 Å². The number of halogens is 2. The van der Waals surface area contributed by atoms with Crippen molar-refractivity contribution in [1.29, 1.82) is 0 Å². The van der Waals surface area contributed by atoms with E-state index < -0.39 is 28.2 Å². The van der Waals surface area contributed by atoms with Gasteiger partial charge in [-0.15, -0.1) is 0 Å². The van der Waals surface area contributed by atoms with Gasteiger partial charge >= 0.3 is 0 Å². The van der Waals surface area contributed by atoms with E-state index in [1.54, 1.807) is 36.4 Å². The number of nitrogens with one attached hydrogen (secondary N) is 2. The average molecular weight is 493 g/mol. The number of phenolic OH excluding ortho intramolecular Hbond substituents is 1. The number of anilines is 3. The van der Waals surface area contributed by atoms with E-state index >= 15 is 0 Å². The van der Waals surface area contributed by atoms with Crippen LogP contribution < -0.4 is 16.4 Å². The first-order chi connectivity index (χ1) is 15.6. The number of aromatic hydroxyl groups is 1. The van der Waals surface area contributed by atoms with Crippen LogP contribution in [0.5, 0.6) is 5.75 Å². The monoisotopic (exact) mass is 492 g/mol. The minimum Gasteiger partial charge on any atom is -0.507 e. The predicted octanol–water partition coefficient (Wildman–Crippen LogP) is 3.56. The van der Waals surface area contributed by atoms with Crippen LogP contribution in [-0.4, -0.2) is 36.4 Å². The van der Waals surface area contributed by atoms with Crippen LogP contribution in [0, 0.1) is 0 Å². The summed E-state index contributed by atoms with van der Waals surface area (Å²) in [7, 11) is -3.44. The second-order valence-corrected chi connectivity index (χ2v) is 9.96. The number of rotatable bonds is 8. The minimum absolute atomic E-state index is 0.00359. The Labute approximate surface area is 195 Å². The Bertz CT molecular complexity index is 1300. The Hall–Kier alpha value is -3.37. The maximum atomic E-state index is 13.3. The lowest BCUT2D eigenvalue weighted by molar-refractivity contribution is -0.118. The zero-order valence-corrected chi connectivity index (χ0v) is 19.2. The summed E-state index contributed by atoms with van der Waals surface area (Å²) in [5, 5.41) is 16.3. The highest BCUT2D eigenvalue weighted by molar-refractivity contribution is 7.91. The third-order valence-electron chi connectivity index (χ3n) is 4.64. The molecule has 0 saturated carbocycles. The molecule has 0 aliphatic heterocycles. The van der Waals surface area contributed by atoms with E-state index in [2.05, 4.69) is 15.6 Å². The average Bonchev–Trinajstić information content (AvgIpc) is 2.74. The number of nitrogens with zero attached hydrogens (tertiary/aromatic N) is 1. The van der Waals surface area contributed by atoms with Gasteiger partial charge in [-0.25, -0.2) is 17.8 Å². The quantitative estimate of drug-likeness (QED) is 0.353. The number of hydrogen-bond donors (Lipinski definition) is 4. The van der Waals surface area contributed by atoms with Gasteiger partial charge in [-0.1, -0.05) is 17.7 Å². The van der Waals surface area contributed by atoms with Crippen LogP contribution in [0.4, 0.5) is 21.6 Å². The molecule has 3 rings (SSSR count). The Kier molecular flexibility index (Phi) is 7.39. The smallest absolute Gasteiger partial charge is 0.235 e. The lowest BCUT2D eigenvalue weighted by Gasteiger charge is -2.14. The molecule has 0 bridgehead atoms. The van der Waals surface area contributed by atoms with Gasteiger partial charge in [-0.2, -0.15) is 0 Å². The number of carbonyl (C=O) groups is 1. The first-order valence-electron chi connectivity index (χ1n) is 9.70. The molecule has 0 saturated heterocycles. The summed E-state index contributed by atoms with van der Waals surface area (Å²) < 4.78 is 35.7. The van der Waals surface area contributed by atoms with Crippen molar-refractivity contribution < 1.29 is 22.7 Å². The van der Waals surface area contributed by atoms with E-state index in [1.165, 1.54) is 12.1 Å². The van der Waals surface area contributed by atoms with Gasteiger partial charge in [0.25, 0.3) is 0 Å². The summed E-state index contributed by atoms with van der Waals surface area (Å²) >= 11 is 5.92. The van der Waals surface area contributed by atoms with Crippen molar-refractivity contribution in [3.63, 3.8) is 0 Å². The third-order valence-corrected chi connectivity index (χ3v) is 5.67. The maximum absolute atomic E-state index is 13.3. The number of carbonyl (C=O) groups excluding carboxylic acids is 1. The van der Waals surface area contributed by atoms with Crippen LogP contribution in [0.2, 0.25) is 5.02 Å². The molecule has 8 nitrogen and oxygen atoms in total. The standard InChI is InChI=1S/C22H22ClFN4O4S/c1-33(31,32)12-21(30)26-11-13-2-5-19(28-22(13)25)17-9-16(4-7-20(17)29)27-18-6-3-15(23)8-14(18)10-24/h2-9,27,29H,10-12H2,1H3,(H2,25,28)(H,26,30). The first kappa shape index (κ1) is 24.3. The van der Waals surface area contributed by atoms with Gasteiger partial charge in [-0.3, -0.25) is 4.79 Å². The highest BCUT2D eigenvalue weighted by Gasteiger charge is 2.14. The number of nitrogens with two attached hydrogens (primary N) is 1. The molecule has 3 aromatic rings. The first-order valence-corrected chi connectivity index (χ1v) is 12.1. The second-order valence-electron chi connectivity index (χ2n) is 7.38. The third kappa shape index (κ3) is 6.56. The fourth-order valence-electron chi connectivity index (χ4n) is 3.06. The molecule has 11 heteroatoms. The van der Waals surface area contributed by atoms with Gasteiger partial charge in [0.2, 0.25) is 5.91 Å². The highest BCUT2D eigenvalue weighted by atomic mass is 35.5. The molecule has 0 unspecified atom stereocenters. The zero-order chi connectivity index (χ0) is 24.2. The number of amides is 1. The molecule has 0 fully saturated rings. The van der Waals surface area contributed by atoms with E-state index in [-0.39, 0.29) is 18.1 Å². The van der Waals surface area contributed by atoms with E-state index in [4.69, 9.17) is 17.3 Å². The van der Waals surface area contributed by atoms with Gasteiger partial charge in [-0.05, 0) is 42.5 Å². The van der Waals surface area contributed by atoms with Crippen molar-refractivity contribution in [1.82, 2.24) is 10.3 Å². The van der Waals surface area contributed by atoms with E-state index in [9.17, 15) is 22.7 Å². The fourth-order valence-corrected chi connectivity index (χ4v) is 3.83. The Morgan fingerprint density at radius 2 is 1.91 bits per heavy atom. The van der Waals surface area contributed by atoms with Crippen molar-refractivity contribution in [2.75, 3.05) is 23.1 Å². The molecular formula is C22H22ClFN4O4S. The normalized spacial score (nSPS) is 11.2. The van der Waals surface area contributed by atoms with Crippen LogP contribution in [0.15, 0.2) is 48.5 Å². The van der Waals surface area contributed by atoms with E-state index in [0.29, 0.717) is 38.8 Å². The summed E-state index contributed by atoms with van der Waals surface area (Å²) in [6, 6.07) is 12.8. The van der Waals surface area contributed by atoms with Gasteiger partial charge < -0.3 is 21.5 Å². The fraction of sp³-hybridized carbons (Fsp3) is 0.182. The molecule has 0 aliphatic rings. The van der Waals surface area contributed by atoms with Crippen LogP contribution >= 0.6 is 11.6 Å². The molecule has 174 valence electrons. The molecule has 1 aromatic heterocycles. The molecule has 33 heavy (non-hydrogen) atoms. The van der Waals surface area contributed by atoms with E-state index in [1.807, 2.05) is 0 Å². The molecule has 0 spiro atoms. The van der Waals surface area contributed by atoms with Crippen molar-refractivity contribution >= 4 is 44.5 Å². The summed E-state index contributed by atoms with van der Waals surface area (Å²) in [6.07, 6.45) is 0.970. The minimum atomic E-state index is -3.44. The number of benzene rings is 2. The molecule has 0 aliphatic carbocycles. The molecule has 2 aromatic carbocycles. The van der Waals surface area contributed by atoms with Gasteiger partial charge in [0.15, 0.2) is 9.84 Å². The summed E-state index contributed by atoms with van der Waals surface area (Å²) in [4.78, 5) is 16.0. The van der Waals surface area contributed by atoms with E-state index in [0.717, 1.165) is 6.26 Å². The number of aromatic nitrogens is 1. The number of alkyl halides is 1. The molecule has 0 radical (unpaired) electrons. The molecule has 1 heterocycles. The number of pyridine rings is 1. The lowest BCUT2D eigenvalue weighted by Crippen LogP contribution is -2.29. The number of hydrogen-bond acceptors (Lipinski definition) is 7. The zero-order valence-electron chi connectivity index (χ0n) is 17.6. The Morgan fingerprint density at radius 1 is 1.15 bits per heavy atom. The van der Waals surface area contributed by atoms with Crippen molar-refractivity contribution in [2.45, 2.75) is 13.2 Å². The predicted molar refractivity (Wildman–Crippen MR) is 127 cm³/mol. The summed E-state index contributed by atoms with van der Waals surface area (Å²) in [5.41, 5.74) is 8.76.